The van der Waals surface area contributed by atoms with Gasteiger partial charge < -0.3 is 20.3 Å². The van der Waals surface area contributed by atoms with Crippen molar-refractivity contribution in [3.63, 3.8) is 0 Å². The van der Waals surface area contributed by atoms with Gasteiger partial charge in [0.15, 0.2) is 5.75 Å². The maximum atomic E-state index is 11.9. The summed E-state index contributed by atoms with van der Waals surface area (Å²) in [5, 5.41) is 8.28. The van der Waals surface area contributed by atoms with E-state index in [4.69, 9.17) is 16.3 Å². The molecule has 1 fully saturated rings. The van der Waals surface area contributed by atoms with Crippen LogP contribution in [0.4, 0.5) is 4.79 Å². The third kappa shape index (κ3) is 6.67. The third-order valence-electron chi connectivity index (χ3n) is 3.60. The van der Waals surface area contributed by atoms with Crippen molar-refractivity contribution >= 4 is 35.4 Å². The van der Waals surface area contributed by atoms with E-state index in [0.29, 0.717) is 42.9 Å². The van der Waals surface area contributed by atoms with E-state index >= 15 is 0 Å². The van der Waals surface area contributed by atoms with Gasteiger partial charge in [0.1, 0.15) is 0 Å². The summed E-state index contributed by atoms with van der Waals surface area (Å²) in [6, 6.07) is 11.2. The number of rotatable bonds is 4. The van der Waals surface area contributed by atoms with Crippen molar-refractivity contribution in [3.05, 3.63) is 51.7 Å². The zero-order valence-corrected chi connectivity index (χ0v) is 16.1. The number of piperazine rings is 1. The fourth-order valence-corrected chi connectivity index (χ4v) is 3.17. The first-order valence-electron chi connectivity index (χ1n) is 8.24. The number of ether oxygens (including phenoxy) is 1. The van der Waals surface area contributed by atoms with Gasteiger partial charge >= 0.3 is 6.09 Å². The number of carbonyl (C=O) groups is 2. The van der Waals surface area contributed by atoms with E-state index < -0.39 is 0 Å². The summed E-state index contributed by atoms with van der Waals surface area (Å²) in [7, 11) is 0. The van der Waals surface area contributed by atoms with Crippen LogP contribution in [0.5, 0.6) is 5.75 Å². The number of benzene rings is 1. The minimum atomic E-state index is -0.341. The zero-order valence-electron chi connectivity index (χ0n) is 14.5. The van der Waals surface area contributed by atoms with Gasteiger partial charge in [0.05, 0.1) is 11.6 Å². The molecule has 2 amide bonds. The van der Waals surface area contributed by atoms with Crippen molar-refractivity contribution in [2.45, 2.75) is 19.5 Å². The first-order chi connectivity index (χ1) is 12.6. The molecule has 0 bridgehead atoms. The normalized spacial score (nSPS) is 16.2. The Morgan fingerprint density at radius 2 is 2.23 bits per heavy atom. The van der Waals surface area contributed by atoms with Gasteiger partial charge in [-0.05, 0) is 30.5 Å². The number of carbonyl (C=O) groups excluding carboxylic acids is 2. The van der Waals surface area contributed by atoms with E-state index in [2.05, 4.69) is 10.6 Å². The molecule has 26 heavy (non-hydrogen) atoms. The Bertz CT molecular complexity index is 697. The van der Waals surface area contributed by atoms with Crippen molar-refractivity contribution < 1.29 is 14.3 Å². The first-order valence-corrected chi connectivity index (χ1v) is 9.50. The van der Waals surface area contributed by atoms with E-state index in [9.17, 15) is 9.59 Å². The Balaban J connectivity index is 0.000000228. The van der Waals surface area contributed by atoms with Crippen molar-refractivity contribution in [1.82, 2.24) is 15.5 Å². The standard InChI is InChI=1S/C12H15ClN2O2.C6H7NOS/c1-9-8-15(7-6-14-9)12(16)17-11-5-3-2-4-10(11)13;8-5-7-4-6-2-1-3-9-6/h2-5,9,14H,6-8H2,1H3;1-3,5H,4H2,(H,7,8). The Morgan fingerprint density at radius 1 is 1.42 bits per heavy atom. The molecule has 3 rings (SSSR count). The number of nitrogens with zero attached hydrogens (tertiary/aromatic N) is 1. The van der Waals surface area contributed by atoms with E-state index in [1.54, 1.807) is 40.5 Å². The molecule has 2 N–H and O–H groups in total. The summed E-state index contributed by atoms with van der Waals surface area (Å²) in [6.45, 7) is 4.80. The monoisotopic (exact) mass is 395 g/mol. The number of hydrogen-bond donors (Lipinski definition) is 2. The number of hydrogen-bond acceptors (Lipinski definition) is 5. The molecule has 140 valence electrons. The topological polar surface area (TPSA) is 70.7 Å². The molecule has 0 saturated carbocycles. The van der Waals surface area contributed by atoms with E-state index in [1.807, 2.05) is 24.4 Å². The zero-order chi connectivity index (χ0) is 18.8. The maximum Gasteiger partial charge on any atom is 0.415 e. The Hall–Kier alpha value is -2.09. The summed E-state index contributed by atoms with van der Waals surface area (Å²) in [6.07, 6.45) is 0.367. The predicted octanol–water partition coefficient (Wildman–Crippen LogP) is 3.13. The number of nitrogens with one attached hydrogen (secondary N) is 2. The van der Waals surface area contributed by atoms with Gasteiger partial charge in [0.25, 0.3) is 0 Å². The molecule has 0 spiro atoms. The first kappa shape index (κ1) is 20.2. The lowest BCUT2D eigenvalue weighted by molar-refractivity contribution is -0.109. The van der Waals surface area contributed by atoms with Gasteiger partial charge in [-0.15, -0.1) is 11.3 Å². The number of halogens is 1. The molecule has 0 radical (unpaired) electrons. The Morgan fingerprint density at radius 3 is 2.88 bits per heavy atom. The van der Waals surface area contributed by atoms with Crippen LogP contribution in [0, 0.1) is 0 Å². The lowest BCUT2D eigenvalue weighted by Gasteiger charge is -2.31. The van der Waals surface area contributed by atoms with Crippen molar-refractivity contribution in [3.8, 4) is 5.75 Å². The van der Waals surface area contributed by atoms with Crippen molar-refractivity contribution in [2.75, 3.05) is 19.6 Å². The van der Waals surface area contributed by atoms with E-state index in [0.717, 1.165) is 6.54 Å². The van der Waals surface area contributed by atoms with Crippen LogP contribution in [0.15, 0.2) is 41.8 Å². The van der Waals surface area contributed by atoms with Crippen LogP contribution in [0.1, 0.15) is 11.8 Å². The highest BCUT2D eigenvalue weighted by molar-refractivity contribution is 7.09. The summed E-state index contributed by atoms with van der Waals surface area (Å²) in [5.41, 5.74) is 0. The molecule has 1 aromatic carbocycles. The SMILES string of the molecule is CC1CN(C(=O)Oc2ccccc2Cl)CCN1.O=CNCc1cccs1. The third-order valence-corrected chi connectivity index (χ3v) is 4.79. The van der Waals surface area contributed by atoms with Gasteiger partial charge in [-0.25, -0.2) is 4.79 Å². The molecular weight excluding hydrogens is 374 g/mol. The molecular formula is C18H22ClN3O3S. The van der Waals surface area contributed by atoms with Gasteiger partial charge in [0, 0.05) is 30.6 Å². The molecule has 1 unspecified atom stereocenters. The van der Waals surface area contributed by atoms with Crippen molar-refractivity contribution in [1.29, 1.82) is 0 Å². The predicted molar refractivity (Wildman–Crippen MR) is 104 cm³/mol. The summed E-state index contributed by atoms with van der Waals surface area (Å²) >= 11 is 7.57. The van der Waals surface area contributed by atoms with Crippen LogP contribution in [0.2, 0.25) is 5.02 Å². The fourth-order valence-electron chi connectivity index (χ4n) is 2.34. The van der Waals surface area contributed by atoms with E-state index in [-0.39, 0.29) is 6.09 Å². The molecule has 2 heterocycles. The number of amides is 2. The molecule has 8 heteroatoms. The van der Waals surface area contributed by atoms with Crippen LogP contribution >= 0.6 is 22.9 Å². The molecule has 1 atom stereocenters. The van der Waals surface area contributed by atoms with Gasteiger partial charge in [-0.3, -0.25) is 4.79 Å². The van der Waals surface area contributed by atoms with Crippen LogP contribution in [0.25, 0.3) is 0 Å². The summed E-state index contributed by atoms with van der Waals surface area (Å²) in [5.74, 6) is 0.408. The minimum Gasteiger partial charge on any atom is -0.409 e. The molecule has 1 aliphatic rings. The molecule has 1 aromatic heterocycles. The molecule has 0 aliphatic carbocycles. The average Bonchev–Trinajstić information content (AvgIpc) is 3.16. The largest absolute Gasteiger partial charge is 0.415 e. The number of thiophene rings is 1. The second-order valence-electron chi connectivity index (χ2n) is 5.68. The Kier molecular flexibility index (Phi) is 8.40. The van der Waals surface area contributed by atoms with Crippen molar-refractivity contribution in [2.24, 2.45) is 0 Å². The highest BCUT2D eigenvalue weighted by Gasteiger charge is 2.22. The second kappa shape index (κ2) is 10.8. The summed E-state index contributed by atoms with van der Waals surface area (Å²) in [4.78, 5) is 24.5. The minimum absolute atomic E-state index is 0.294. The number of para-hydroxylation sites is 1. The molecule has 6 nitrogen and oxygen atoms in total. The average molecular weight is 396 g/mol. The second-order valence-corrected chi connectivity index (χ2v) is 7.12. The van der Waals surface area contributed by atoms with Crippen LogP contribution in [-0.4, -0.2) is 43.1 Å². The van der Waals surface area contributed by atoms with Gasteiger partial charge in [0.2, 0.25) is 6.41 Å². The van der Waals surface area contributed by atoms with Crippen LogP contribution < -0.4 is 15.4 Å². The molecule has 2 aromatic rings. The molecule has 1 aliphatic heterocycles. The van der Waals surface area contributed by atoms with Crippen LogP contribution in [0.3, 0.4) is 0 Å². The molecule has 1 saturated heterocycles. The Labute approximate surface area is 162 Å². The highest BCUT2D eigenvalue weighted by Crippen LogP contribution is 2.23. The lowest BCUT2D eigenvalue weighted by Crippen LogP contribution is -2.52. The summed E-state index contributed by atoms with van der Waals surface area (Å²) < 4.78 is 5.26. The smallest absolute Gasteiger partial charge is 0.409 e. The van der Waals surface area contributed by atoms with Gasteiger partial charge in [-0.1, -0.05) is 29.8 Å². The quantitative estimate of drug-likeness (QED) is 0.780. The highest BCUT2D eigenvalue weighted by atomic mass is 35.5. The van der Waals surface area contributed by atoms with E-state index in [1.165, 1.54) is 4.88 Å². The van der Waals surface area contributed by atoms with Gasteiger partial charge in [-0.2, -0.15) is 0 Å². The fraction of sp³-hybridized carbons (Fsp3) is 0.333. The lowest BCUT2D eigenvalue weighted by atomic mass is 10.2. The maximum absolute atomic E-state index is 11.9. The van der Waals surface area contributed by atoms with Crippen LogP contribution in [-0.2, 0) is 11.3 Å².